The second-order valence-electron chi connectivity index (χ2n) is 13.8. The first-order valence-electron chi connectivity index (χ1n) is 17.3. The summed E-state index contributed by atoms with van der Waals surface area (Å²) in [5, 5.41) is 4.42. The molecule has 0 spiro atoms. The van der Waals surface area contributed by atoms with Crippen LogP contribution in [0.5, 0.6) is 0 Å². The molecule has 0 atom stereocenters. The van der Waals surface area contributed by atoms with E-state index in [-0.39, 0.29) is 20.1 Å². The monoisotopic (exact) mass is 844 g/mol. The normalized spacial score (nSPS) is 11.1. The van der Waals surface area contributed by atoms with E-state index in [1.54, 1.807) is 6.26 Å². The molecule has 0 aliphatic rings. The molecule has 257 valence electrons. The van der Waals surface area contributed by atoms with Gasteiger partial charge in [0.15, 0.2) is 0 Å². The maximum absolute atomic E-state index is 5.79. The number of nitrogens with zero attached hydrogens (tertiary/aromatic N) is 3. The minimum atomic E-state index is 0. The van der Waals surface area contributed by atoms with Crippen LogP contribution in [0.3, 0.4) is 0 Å². The molecule has 0 amide bonds. The summed E-state index contributed by atoms with van der Waals surface area (Å²) in [6, 6.07) is 36.5. The third kappa shape index (κ3) is 7.56. The van der Waals surface area contributed by atoms with E-state index in [1.807, 2.05) is 24.5 Å². The summed E-state index contributed by atoms with van der Waals surface area (Å²) in [5.74, 6) is 0.541. The molecule has 8 aromatic rings. The minimum Gasteiger partial charge on any atom is -0.506 e. The van der Waals surface area contributed by atoms with E-state index >= 15 is 0 Å². The Labute approximate surface area is 314 Å². The fraction of sp³-hybridized carbons (Fsp3) is 0.196. The Hall–Kier alpha value is -4.96. The van der Waals surface area contributed by atoms with E-state index in [0.717, 1.165) is 62.1 Å². The summed E-state index contributed by atoms with van der Waals surface area (Å²) in [6.45, 7) is 15.0. The SMILES string of the molecule is Cc1c[c-]c(-c2cc(C)c(C)cn2)cc1C.Cc1ccc2c(-c3ccc(-c4[c-]c5ccoc5c5nc(CC(C)C)ccc45)nc3)cccc2c1.[Ir]. The van der Waals surface area contributed by atoms with Crippen molar-refractivity contribution in [1.82, 2.24) is 15.0 Å². The van der Waals surface area contributed by atoms with Crippen LogP contribution in [0.4, 0.5) is 0 Å². The summed E-state index contributed by atoms with van der Waals surface area (Å²) >= 11 is 0. The Kier molecular flexibility index (Phi) is 10.6. The van der Waals surface area contributed by atoms with Crippen molar-refractivity contribution < 1.29 is 24.5 Å². The molecule has 0 saturated carbocycles. The predicted octanol–water partition coefficient (Wildman–Crippen LogP) is 12.0. The smallest absolute Gasteiger partial charge is 0.0847 e. The molecule has 4 heterocycles. The fourth-order valence-electron chi connectivity index (χ4n) is 6.35. The quantitative estimate of drug-likeness (QED) is 0.162. The van der Waals surface area contributed by atoms with E-state index in [0.29, 0.717) is 5.92 Å². The van der Waals surface area contributed by atoms with E-state index in [9.17, 15) is 0 Å². The van der Waals surface area contributed by atoms with Crippen LogP contribution in [-0.4, -0.2) is 15.0 Å². The minimum absolute atomic E-state index is 0. The average molecular weight is 844 g/mol. The van der Waals surface area contributed by atoms with Gasteiger partial charge >= 0.3 is 0 Å². The number of benzene rings is 4. The topological polar surface area (TPSA) is 51.8 Å². The van der Waals surface area contributed by atoms with Crippen molar-refractivity contribution in [3.05, 3.63) is 149 Å². The van der Waals surface area contributed by atoms with Gasteiger partial charge in [0.1, 0.15) is 0 Å². The first-order valence-corrected chi connectivity index (χ1v) is 17.3. The van der Waals surface area contributed by atoms with Gasteiger partial charge in [0.2, 0.25) is 0 Å². The second kappa shape index (κ2) is 15.1. The molecule has 0 aliphatic heterocycles. The molecule has 4 aromatic heterocycles. The summed E-state index contributed by atoms with van der Waals surface area (Å²) in [5.41, 5.74) is 15.3. The van der Waals surface area contributed by atoms with Crippen molar-refractivity contribution in [3.8, 4) is 33.6 Å². The molecule has 8 rings (SSSR count). The molecule has 4 nitrogen and oxygen atoms in total. The molecule has 0 saturated heterocycles. The van der Waals surface area contributed by atoms with Crippen LogP contribution in [0.1, 0.15) is 47.4 Å². The molecular weight excluding hydrogens is 803 g/mol. The molecule has 1 radical (unpaired) electrons. The molecular formula is C46H41IrN3O-2. The molecule has 0 fully saturated rings. The van der Waals surface area contributed by atoms with Gasteiger partial charge in [-0.2, -0.15) is 0 Å². The molecule has 0 unspecified atom stereocenters. The Morgan fingerprint density at radius 2 is 1.51 bits per heavy atom. The van der Waals surface area contributed by atoms with Crippen molar-refractivity contribution >= 4 is 32.6 Å². The number of aryl methyl sites for hydroxylation is 5. The van der Waals surface area contributed by atoms with E-state index in [4.69, 9.17) is 14.4 Å². The maximum atomic E-state index is 5.79. The Bertz CT molecular complexity index is 2450. The summed E-state index contributed by atoms with van der Waals surface area (Å²) in [6.07, 6.45) is 6.53. The van der Waals surface area contributed by atoms with Crippen molar-refractivity contribution in [1.29, 1.82) is 0 Å². The van der Waals surface area contributed by atoms with Gasteiger partial charge in [0, 0.05) is 55.7 Å². The fourth-order valence-corrected chi connectivity index (χ4v) is 6.35. The van der Waals surface area contributed by atoms with Gasteiger partial charge in [-0.3, -0.25) is 9.97 Å². The first-order chi connectivity index (χ1) is 24.1. The zero-order valence-corrected chi connectivity index (χ0v) is 32.6. The van der Waals surface area contributed by atoms with Crippen molar-refractivity contribution in [2.75, 3.05) is 0 Å². The predicted molar refractivity (Wildman–Crippen MR) is 207 cm³/mol. The second-order valence-corrected chi connectivity index (χ2v) is 13.8. The van der Waals surface area contributed by atoms with Crippen molar-refractivity contribution in [2.45, 2.75) is 54.9 Å². The third-order valence-corrected chi connectivity index (χ3v) is 9.42. The number of hydrogen-bond acceptors (Lipinski definition) is 4. The number of fused-ring (bicyclic) bond motifs is 4. The van der Waals surface area contributed by atoms with E-state index in [1.165, 1.54) is 44.2 Å². The molecule has 51 heavy (non-hydrogen) atoms. The van der Waals surface area contributed by atoms with Gasteiger partial charge in [0.25, 0.3) is 0 Å². The maximum Gasteiger partial charge on any atom is 0.0847 e. The average Bonchev–Trinajstić information content (AvgIpc) is 3.59. The number of rotatable bonds is 5. The standard InChI is InChI=1S/C31H25N2O.C15H16N.Ir/c1-19(2)15-24-9-11-27-28(17-22-13-14-34-31(22)30(27)33-24)29-12-8-23(18-32-29)25-6-4-5-21-16-20(3)7-10-26(21)25;1-10-5-6-14(7-11(10)2)15-8-12(3)13(4)9-16-15;/h4-14,16,18-19H,15H2,1-3H3;5,7-9H,1-4H3;/q2*-1;. The molecule has 4 aromatic carbocycles. The van der Waals surface area contributed by atoms with Gasteiger partial charge in [-0.15, -0.1) is 41.0 Å². The number of aromatic nitrogens is 3. The van der Waals surface area contributed by atoms with Crippen molar-refractivity contribution in [3.63, 3.8) is 0 Å². The largest absolute Gasteiger partial charge is 0.506 e. The molecule has 0 bridgehead atoms. The third-order valence-electron chi connectivity index (χ3n) is 9.42. The number of pyridine rings is 3. The Morgan fingerprint density at radius 1 is 0.725 bits per heavy atom. The van der Waals surface area contributed by atoms with Gasteiger partial charge in [0.05, 0.1) is 5.58 Å². The summed E-state index contributed by atoms with van der Waals surface area (Å²) in [7, 11) is 0. The first kappa shape index (κ1) is 35.9. The Balaban J connectivity index is 0.000000222. The van der Waals surface area contributed by atoms with Crippen molar-refractivity contribution in [2.24, 2.45) is 5.92 Å². The van der Waals surface area contributed by atoms with E-state index in [2.05, 4.69) is 138 Å². The molecule has 0 aliphatic carbocycles. The molecule has 0 N–H and O–H groups in total. The summed E-state index contributed by atoms with van der Waals surface area (Å²) < 4.78 is 5.79. The van der Waals surface area contributed by atoms with Crippen LogP contribution in [0.25, 0.3) is 66.3 Å². The van der Waals surface area contributed by atoms with Crippen LogP contribution in [0.15, 0.2) is 108 Å². The zero-order valence-electron chi connectivity index (χ0n) is 30.2. The van der Waals surface area contributed by atoms with Crippen LogP contribution in [0, 0.1) is 52.7 Å². The number of furan rings is 1. The van der Waals surface area contributed by atoms with Crippen LogP contribution in [0.2, 0.25) is 0 Å². The van der Waals surface area contributed by atoms with Gasteiger partial charge < -0.3 is 9.40 Å². The van der Waals surface area contributed by atoms with Crippen LogP contribution >= 0.6 is 0 Å². The number of hydrogen-bond donors (Lipinski definition) is 0. The van der Waals surface area contributed by atoms with Crippen LogP contribution in [-0.2, 0) is 26.5 Å². The Morgan fingerprint density at radius 3 is 2.25 bits per heavy atom. The molecule has 5 heteroatoms. The van der Waals surface area contributed by atoms with Gasteiger partial charge in [-0.25, -0.2) is 0 Å². The summed E-state index contributed by atoms with van der Waals surface area (Å²) in [4.78, 5) is 14.3. The van der Waals surface area contributed by atoms with Gasteiger partial charge in [-0.1, -0.05) is 122 Å². The zero-order chi connectivity index (χ0) is 34.9. The van der Waals surface area contributed by atoms with E-state index < -0.39 is 0 Å². The van der Waals surface area contributed by atoms with Crippen LogP contribution < -0.4 is 0 Å². The van der Waals surface area contributed by atoms with Gasteiger partial charge in [-0.05, 0) is 72.3 Å².